The molecule has 3 rings (SSSR count). The van der Waals surface area contributed by atoms with Crippen LogP contribution in [-0.2, 0) is 31.8 Å². The molecule has 8 nitrogen and oxygen atoms in total. The Morgan fingerprint density at radius 2 is 1.47 bits per heavy atom. The average molecular weight is 557 g/mol. The summed E-state index contributed by atoms with van der Waals surface area (Å²) in [4.78, 5) is 18.5. The normalized spacial score (nSPS) is 12.2. The maximum atomic E-state index is 11.6. The lowest BCUT2D eigenvalue weighted by Crippen LogP contribution is -2.33. The van der Waals surface area contributed by atoms with Crippen LogP contribution in [0.2, 0.25) is 51.4 Å². The summed E-state index contributed by atoms with van der Waals surface area (Å²) < 4.78 is 18.9. The van der Waals surface area contributed by atoms with Gasteiger partial charge in [-0.1, -0.05) is 63.5 Å². The molecular formula is C28H44N4O4Si2. The van der Waals surface area contributed by atoms with E-state index >= 15 is 0 Å². The number of rotatable bonds is 15. The molecule has 0 bridgehead atoms. The van der Waals surface area contributed by atoms with Crippen LogP contribution in [-0.4, -0.2) is 70.5 Å². The zero-order chi connectivity index (χ0) is 27.8. The summed E-state index contributed by atoms with van der Waals surface area (Å²) in [5.41, 5.74) is 3.76. The summed E-state index contributed by atoms with van der Waals surface area (Å²) in [6.07, 6.45) is 2.70. The molecule has 0 amide bonds. The van der Waals surface area contributed by atoms with Crippen LogP contribution in [0.15, 0.2) is 42.6 Å². The van der Waals surface area contributed by atoms with E-state index in [9.17, 15) is 4.79 Å². The lowest BCUT2D eigenvalue weighted by Gasteiger charge is -2.26. The number of hydrogen-bond donors (Lipinski definition) is 0. The molecule has 0 spiro atoms. The lowest BCUT2D eigenvalue weighted by atomic mass is 10.1. The van der Waals surface area contributed by atoms with Crippen LogP contribution in [0.25, 0.3) is 5.65 Å². The van der Waals surface area contributed by atoms with E-state index < -0.39 is 16.1 Å². The van der Waals surface area contributed by atoms with E-state index in [2.05, 4.69) is 55.3 Å². The molecule has 0 saturated carbocycles. The highest BCUT2D eigenvalue weighted by Crippen LogP contribution is 2.21. The molecule has 0 aliphatic heterocycles. The van der Waals surface area contributed by atoms with E-state index in [4.69, 9.17) is 19.2 Å². The predicted molar refractivity (Wildman–Crippen MR) is 158 cm³/mol. The van der Waals surface area contributed by atoms with Crippen LogP contribution in [0, 0.1) is 0 Å². The molecule has 38 heavy (non-hydrogen) atoms. The van der Waals surface area contributed by atoms with Gasteiger partial charge in [-0.05, 0) is 23.2 Å². The summed E-state index contributed by atoms with van der Waals surface area (Å²) in [5, 5.41) is 4.54. The first-order valence-corrected chi connectivity index (χ1v) is 20.7. The lowest BCUT2D eigenvalue weighted by molar-refractivity contribution is -0.139. The minimum atomic E-state index is -1.18. The zero-order valence-electron chi connectivity index (χ0n) is 24.1. The second kappa shape index (κ2) is 13.5. The first-order valence-electron chi connectivity index (χ1n) is 13.3. The van der Waals surface area contributed by atoms with Crippen LogP contribution in [0.4, 0.5) is 5.82 Å². The number of carbonyl (C=O) groups is 1. The summed E-state index contributed by atoms with van der Waals surface area (Å²) in [6.45, 7) is 16.5. The van der Waals surface area contributed by atoms with Crippen molar-refractivity contribution in [2.75, 3.05) is 38.7 Å². The monoisotopic (exact) mass is 556 g/mol. The Kier molecular flexibility index (Phi) is 10.7. The molecule has 0 atom stereocenters. The zero-order valence-corrected chi connectivity index (χ0v) is 26.1. The molecule has 208 valence electrons. The number of hydrogen-bond acceptors (Lipinski definition) is 7. The second-order valence-electron chi connectivity index (χ2n) is 12.2. The van der Waals surface area contributed by atoms with Gasteiger partial charge in [0, 0.05) is 47.9 Å². The molecule has 0 unspecified atom stereocenters. The van der Waals surface area contributed by atoms with Gasteiger partial charge in [-0.2, -0.15) is 9.61 Å². The largest absolute Gasteiger partial charge is 0.469 e. The van der Waals surface area contributed by atoms with Crippen molar-refractivity contribution in [3.63, 3.8) is 0 Å². The number of anilines is 1. The smallest absolute Gasteiger partial charge is 0.309 e. The van der Waals surface area contributed by atoms with Crippen molar-refractivity contribution in [3.8, 4) is 0 Å². The van der Waals surface area contributed by atoms with Crippen molar-refractivity contribution in [2.24, 2.45) is 0 Å². The average Bonchev–Trinajstić information content (AvgIpc) is 3.31. The first kappa shape index (κ1) is 30.0. The maximum Gasteiger partial charge on any atom is 0.309 e. The van der Waals surface area contributed by atoms with Crippen LogP contribution >= 0.6 is 0 Å². The summed E-state index contributed by atoms with van der Waals surface area (Å²) in [7, 11) is -0.962. The van der Waals surface area contributed by atoms with Crippen LogP contribution < -0.4 is 4.90 Å². The van der Waals surface area contributed by atoms with E-state index in [-0.39, 0.29) is 12.4 Å². The van der Waals surface area contributed by atoms with Crippen LogP contribution in [0.5, 0.6) is 0 Å². The SMILES string of the molecule is COC(=O)Cc1ccc(Cc2cc(N(COCC[Si](C)(C)C)COCC[Si](C)(C)C)n3nccc3n2)cc1. The fraction of sp³-hybridized carbons (Fsp3) is 0.536. The summed E-state index contributed by atoms with van der Waals surface area (Å²) in [5.74, 6) is 0.660. The van der Waals surface area contributed by atoms with Crippen LogP contribution in [0.3, 0.4) is 0 Å². The number of benzene rings is 1. The van der Waals surface area contributed by atoms with Gasteiger partial charge in [0.2, 0.25) is 0 Å². The van der Waals surface area contributed by atoms with Crippen LogP contribution in [0.1, 0.15) is 16.8 Å². The molecule has 3 aromatic rings. The molecule has 10 heteroatoms. The Balaban J connectivity index is 1.79. The third-order valence-electron chi connectivity index (χ3n) is 6.19. The Morgan fingerprint density at radius 1 is 0.895 bits per heavy atom. The third-order valence-corrected chi connectivity index (χ3v) is 9.60. The van der Waals surface area contributed by atoms with E-state index in [0.29, 0.717) is 19.9 Å². The van der Waals surface area contributed by atoms with Gasteiger partial charge >= 0.3 is 5.97 Å². The third kappa shape index (κ3) is 9.97. The molecule has 0 aliphatic carbocycles. The highest BCUT2D eigenvalue weighted by Gasteiger charge is 2.18. The number of fused-ring (bicyclic) bond motifs is 1. The molecule has 0 N–H and O–H groups in total. The highest BCUT2D eigenvalue weighted by molar-refractivity contribution is 6.76. The maximum absolute atomic E-state index is 11.6. The molecule has 0 aliphatic rings. The minimum Gasteiger partial charge on any atom is -0.469 e. The van der Waals surface area contributed by atoms with E-state index in [0.717, 1.165) is 53.6 Å². The van der Waals surface area contributed by atoms with Gasteiger partial charge in [-0.15, -0.1) is 0 Å². The van der Waals surface area contributed by atoms with E-state index in [1.54, 1.807) is 6.20 Å². The Bertz CT molecular complexity index is 1150. The molecule has 0 saturated heterocycles. The van der Waals surface area contributed by atoms with Crippen molar-refractivity contribution in [2.45, 2.75) is 64.2 Å². The van der Waals surface area contributed by atoms with Crippen molar-refractivity contribution in [3.05, 3.63) is 59.4 Å². The standard InChI is InChI=1S/C28H44N4O4Si2/c1-34-28(33)19-24-10-8-23(9-11-24)18-25-20-27(32-26(30-25)12-13-29-32)31(21-35-14-16-37(2,3)4)22-36-15-17-38(5,6)7/h8-13,20H,14-19,21-22H2,1-7H3. The number of ether oxygens (including phenoxy) is 3. The fourth-order valence-electron chi connectivity index (χ4n) is 3.76. The van der Waals surface area contributed by atoms with Gasteiger partial charge in [0.25, 0.3) is 0 Å². The van der Waals surface area contributed by atoms with Crippen molar-refractivity contribution >= 4 is 33.6 Å². The number of nitrogens with zero attached hydrogens (tertiary/aromatic N) is 4. The Labute approximate surface area is 229 Å². The highest BCUT2D eigenvalue weighted by atomic mass is 28.3. The van der Waals surface area contributed by atoms with Gasteiger partial charge in [-0.25, -0.2) is 4.98 Å². The fourth-order valence-corrected chi connectivity index (χ4v) is 5.28. The molecule has 2 heterocycles. The number of methoxy groups -OCH3 is 1. The van der Waals surface area contributed by atoms with Gasteiger partial charge in [0.05, 0.1) is 25.4 Å². The second-order valence-corrected chi connectivity index (χ2v) is 23.4. The van der Waals surface area contributed by atoms with Crippen molar-refractivity contribution in [1.82, 2.24) is 14.6 Å². The topological polar surface area (TPSA) is 78.2 Å². The van der Waals surface area contributed by atoms with Crippen molar-refractivity contribution in [1.29, 1.82) is 0 Å². The quantitative estimate of drug-likeness (QED) is 0.106. The van der Waals surface area contributed by atoms with Gasteiger partial charge in [-0.3, -0.25) is 4.79 Å². The van der Waals surface area contributed by atoms with E-state index in [1.165, 1.54) is 7.11 Å². The molecule has 1 aromatic carbocycles. The van der Waals surface area contributed by atoms with Crippen molar-refractivity contribution < 1.29 is 19.0 Å². The molecule has 2 aromatic heterocycles. The number of aromatic nitrogens is 3. The Hall–Kier alpha value is -2.54. The molecule has 0 radical (unpaired) electrons. The van der Waals surface area contributed by atoms with Gasteiger partial charge in [0.15, 0.2) is 5.65 Å². The van der Waals surface area contributed by atoms with Gasteiger partial charge in [0.1, 0.15) is 19.3 Å². The first-order chi connectivity index (χ1) is 17.9. The van der Waals surface area contributed by atoms with E-state index in [1.807, 2.05) is 34.8 Å². The predicted octanol–water partition coefficient (Wildman–Crippen LogP) is 5.47. The Morgan fingerprint density at radius 3 is 2.03 bits per heavy atom. The molecule has 0 fully saturated rings. The van der Waals surface area contributed by atoms with Gasteiger partial charge < -0.3 is 19.1 Å². The number of esters is 1. The summed E-state index contributed by atoms with van der Waals surface area (Å²) in [6, 6.07) is 14.2. The minimum absolute atomic E-state index is 0.241. The molecular weight excluding hydrogens is 513 g/mol. The number of carbonyl (C=O) groups excluding carboxylic acids is 1. The summed E-state index contributed by atoms with van der Waals surface area (Å²) >= 11 is 0.